The molecule has 0 spiro atoms. The van der Waals surface area contributed by atoms with E-state index in [1.165, 1.54) is 37.9 Å². The highest BCUT2D eigenvalue weighted by Crippen LogP contribution is 2.43. The Morgan fingerprint density at radius 2 is 1.63 bits per heavy atom. The molecule has 1 aliphatic carbocycles. The van der Waals surface area contributed by atoms with E-state index in [9.17, 15) is 0 Å². The van der Waals surface area contributed by atoms with Crippen molar-refractivity contribution < 1.29 is 0 Å². The van der Waals surface area contributed by atoms with Gasteiger partial charge in [0.1, 0.15) is 0 Å². The molecular weight excluding hydrogens is 296 g/mol. The van der Waals surface area contributed by atoms with Crippen LogP contribution in [-0.2, 0) is 0 Å². The first-order valence-electron chi connectivity index (χ1n) is 6.67. The summed E-state index contributed by atoms with van der Waals surface area (Å²) in [6.07, 6.45) is 2.39. The van der Waals surface area contributed by atoms with Crippen LogP contribution in [0, 0.1) is 13.8 Å². The van der Waals surface area contributed by atoms with Gasteiger partial charge in [-0.25, -0.2) is 0 Å². The number of benzene rings is 2. The Morgan fingerprint density at radius 3 is 2.42 bits per heavy atom. The molecule has 1 atom stereocenters. The topological polar surface area (TPSA) is 0 Å². The third kappa shape index (κ3) is 1.97. The number of hydrogen-bond acceptors (Lipinski definition) is 0. The van der Waals surface area contributed by atoms with E-state index in [0.717, 1.165) is 0 Å². The largest absolute Gasteiger partial charge is 0.0687 e. The molecule has 0 amide bonds. The Morgan fingerprint density at radius 1 is 0.947 bits per heavy atom. The lowest BCUT2D eigenvalue weighted by Crippen LogP contribution is -1.93. The second-order valence-corrected chi connectivity index (χ2v) is 6.17. The summed E-state index contributed by atoms with van der Waals surface area (Å²) in [5.74, 6) is 0.473. The molecule has 0 saturated heterocycles. The van der Waals surface area contributed by atoms with E-state index in [-0.39, 0.29) is 0 Å². The fourth-order valence-electron chi connectivity index (χ4n) is 2.94. The zero-order valence-electron chi connectivity index (χ0n) is 11.5. The molecule has 0 fully saturated rings. The average Bonchev–Trinajstić information content (AvgIpc) is 2.72. The van der Waals surface area contributed by atoms with Crippen LogP contribution in [0.2, 0.25) is 0 Å². The summed E-state index contributed by atoms with van der Waals surface area (Å²) in [7, 11) is 0. The third-order valence-electron chi connectivity index (χ3n) is 4.11. The Balaban J connectivity index is 2.22. The predicted octanol–water partition coefficient (Wildman–Crippen LogP) is 5.61. The molecule has 0 heterocycles. The maximum atomic E-state index is 3.69. The van der Waals surface area contributed by atoms with Crippen molar-refractivity contribution >= 4 is 21.5 Å². The zero-order valence-corrected chi connectivity index (χ0v) is 13.1. The van der Waals surface area contributed by atoms with Crippen LogP contribution in [0.3, 0.4) is 0 Å². The maximum Gasteiger partial charge on any atom is 0.0219 e. The molecule has 1 unspecified atom stereocenters. The van der Waals surface area contributed by atoms with Crippen LogP contribution in [0.5, 0.6) is 0 Å². The third-order valence-corrected chi connectivity index (χ3v) is 4.80. The van der Waals surface area contributed by atoms with Crippen LogP contribution in [0.1, 0.15) is 40.7 Å². The fraction of sp³-hybridized carbons (Fsp3) is 0.222. The van der Waals surface area contributed by atoms with Crippen LogP contribution in [0.25, 0.3) is 5.57 Å². The van der Waals surface area contributed by atoms with E-state index in [2.05, 4.69) is 79.2 Å². The van der Waals surface area contributed by atoms with E-state index >= 15 is 0 Å². The lowest BCUT2D eigenvalue weighted by molar-refractivity contribution is 0.982. The molecule has 0 N–H and O–H groups in total. The summed E-state index contributed by atoms with van der Waals surface area (Å²) in [5.41, 5.74) is 8.27. The highest BCUT2D eigenvalue weighted by molar-refractivity contribution is 9.10. The van der Waals surface area contributed by atoms with Crippen LogP contribution < -0.4 is 0 Å². The predicted molar refractivity (Wildman–Crippen MR) is 85.6 cm³/mol. The quantitative estimate of drug-likeness (QED) is 0.641. The lowest BCUT2D eigenvalue weighted by Gasteiger charge is -2.12. The highest BCUT2D eigenvalue weighted by Gasteiger charge is 2.24. The number of rotatable bonds is 1. The van der Waals surface area contributed by atoms with Crippen LogP contribution >= 0.6 is 15.9 Å². The van der Waals surface area contributed by atoms with E-state index < -0.39 is 0 Å². The molecule has 19 heavy (non-hydrogen) atoms. The van der Waals surface area contributed by atoms with Crippen molar-refractivity contribution in [2.24, 2.45) is 0 Å². The molecule has 0 saturated carbocycles. The van der Waals surface area contributed by atoms with Crippen molar-refractivity contribution in [3.05, 3.63) is 74.8 Å². The van der Waals surface area contributed by atoms with Gasteiger partial charge < -0.3 is 0 Å². The van der Waals surface area contributed by atoms with Gasteiger partial charge in [0.15, 0.2) is 0 Å². The summed E-state index contributed by atoms with van der Waals surface area (Å²) in [6, 6.07) is 13.1. The van der Waals surface area contributed by atoms with Gasteiger partial charge in [-0.3, -0.25) is 0 Å². The van der Waals surface area contributed by atoms with Crippen LogP contribution in [0.4, 0.5) is 0 Å². The van der Waals surface area contributed by atoms with Gasteiger partial charge >= 0.3 is 0 Å². The smallest absolute Gasteiger partial charge is 0.0219 e. The molecule has 1 heteroatoms. The van der Waals surface area contributed by atoms with Crippen molar-refractivity contribution in [3.63, 3.8) is 0 Å². The van der Waals surface area contributed by atoms with E-state index in [4.69, 9.17) is 0 Å². The number of allylic oxidation sites excluding steroid dienone is 1. The SMILES string of the molecule is Cc1cccc(C2=CC(C)c3c(Br)cccc32)c1C. The molecule has 0 aliphatic heterocycles. The van der Waals surface area contributed by atoms with Crippen molar-refractivity contribution in [2.45, 2.75) is 26.7 Å². The van der Waals surface area contributed by atoms with E-state index in [1.54, 1.807) is 0 Å². The molecule has 2 aromatic rings. The Hall–Kier alpha value is -1.34. The van der Waals surface area contributed by atoms with Crippen LogP contribution in [-0.4, -0.2) is 0 Å². The number of halogens is 1. The van der Waals surface area contributed by atoms with Gasteiger partial charge in [-0.2, -0.15) is 0 Å². The lowest BCUT2D eigenvalue weighted by atomic mass is 9.93. The Bertz CT molecular complexity index is 680. The summed E-state index contributed by atoms with van der Waals surface area (Å²) >= 11 is 3.69. The standard InChI is InChI=1S/C18H17Br/c1-11-6-4-7-14(13(11)3)16-10-12(2)18-15(16)8-5-9-17(18)19/h4-10,12H,1-3H3. The molecular formula is C18H17Br. The number of aryl methyl sites for hydroxylation is 1. The number of fused-ring (bicyclic) bond motifs is 1. The monoisotopic (exact) mass is 312 g/mol. The zero-order chi connectivity index (χ0) is 13.6. The molecule has 3 rings (SSSR count). The molecule has 96 valence electrons. The van der Waals surface area contributed by atoms with Gasteiger partial charge in [0.2, 0.25) is 0 Å². The Kier molecular flexibility index (Phi) is 3.10. The minimum atomic E-state index is 0.473. The van der Waals surface area contributed by atoms with Gasteiger partial charge in [-0.1, -0.05) is 59.3 Å². The normalized spacial score (nSPS) is 17.3. The summed E-state index contributed by atoms with van der Waals surface area (Å²) in [4.78, 5) is 0. The van der Waals surface area contributed by atoms with Crippen molar-refractivity contribution in [3.8, 4) is 0 Å². The van der Waals surface area contributed by atoms with Gasteiger partial charge in [-0.15, -0.1) is 0 Å². The molecule has 0 bridgehead atoms. The van der Waals surface area contributed by atoms with Gasteiger partial charge in [0.25, 0.3) is 0 Å². The van der Waals surface area contributed by atoms with Crippen LogP contribution in [0.15, 0.2) is 46.9 Å². The first-order chi connectivity index (χ1) is 9.09. The van der Waals surface area contributed by atoms with E-state index in [1.807, 2.05) is 0 Å². The van der Waals surface area contributed by atoms with E-state index in [0.29, 0.717) is 5.92 Å². The summed E-state index contributed by atoms with van der Waals surface area (Å²) in [5, 5.41) is 0. The minimum absolute atomic E-state index is 0.473. The molecule has 2 aromatic carbocycles. The van der Waals surface area contributed by atoms with Gasteiger partial charge in [0.05, 0.1) is 0 Å². The number of hydrogen-bond donors (Lipinski definition) is 0. The average molecular weight is 313 g/mol. The first-order valence-corrected chi connectivity index (χ1v) is 7.46. The molecule has 0 radical (unpaired) electrons. The molecule has 0 nitrogen and oxygen atoms in total. The molecule has 1 aliphatic rings. The minimum Gasteiger partial charge on any atom is -0.0687 e. The second-order valence-electron chi connectivity index (χ2n) is 5.32. The second kappa shape index (κ2) is 4.64. The molecule has 0 aromatic heterocycles. The highest BCUT2D eigenvalue weighted by atomic mass is 79.9. The first kappa shape index (κ1) is 12.7. The summed E-state index contributed by atoms with van der Waals surface area (Å²) in [6.45, 7) is 6.66. The van der Waals surface area contributed by atoms with Gasteiger partial charge in [-0.05, 0) is 53.3 Å². The Labute approximate surface area is 123 Å². The fourth-order valence-corrected chi connectivity index (χ4v) is 3.66. The van der Waals surface area contributed by atoms with Crippen molar-refractivity contribution in [1.29, 1.82) is 0 Å². The maximum absolute atomic E-state index is 3.69. The van der Waals surface area contributed by atoms with Crippen molar-refractivity contribution in [1.82, 2.24) is 0 Å². The summed E-state index contributed by atoms with van der Waals surface area (Å²) < 4.78 is 1.22. The van der Waals surface area contributed by atoms with Crippen molar-refractivity contribution in [2.75, 3.05) is 0 Å². The van der Waals surface area contributed by atoms with Gasteiger partial charge in [0, 0.05) is 10.4 Å².